The normalized spacial score (nSPS) is 13.7. The van der Waals surface area contributed by atoms with Crippen molar-refractivity contribution < 1.29 is 27.4 Å². The molecule has 0 saturated carbocycles. The van der Waals surface area contributed by atoms with E-state index in [0.717, 1.165) is 6.07 Å². The van der Waals surface area contributed by atoms with Crippen molar-refractivity contribution in [2.75, 3.05) is 6.66 Å². The van der Waals surface area contributed by atoms with Crippen molar-refractivity contribution >= 4 is 19.4 Å². The van der Waals surface area contributed by atoms with Crippen molar-refractivity contribution in [1.82, 2.24) is 0 Å². The van der Waals surface area contributed by atoms with Crippen LogP contribution in [-0.4, -0.2) is 11.6 Å². The van der Waals surface area contributed by atoms with Crippen LogP contribution in [-0.2, 0) is 26.8 Å². The quantitative estimate of drug-likeness (QED) is 0.309. The fraction of sp³-hybridized carbons (Fsp3) is 0.273. The van der Waals surface area contributed by atoms with Gasteiger partial charge in [-0.1, -0.05) is 0 Å². The molecule has 0 aliphatic heterocycles. The van der Waals surface area contributed by atoms with Crippen molar-refractivity contribution in [2.24, 2.45) is 5.18 Å². The summed E-state index contributed by atoms with van der Waals surface area (Å²) in [5, 5.41) is 13.0. The van der Waals surface area contributed by atoms with Gasteiger partial charge < -0.3 is 17.9 Å². The van der Waals surface area contributed by atoms with Crippen LogP contribution in [0.4, 0.5) is 11.8 Å². The lowest BCUT2D eigenvalue weighted by molar-refractivity contribution is -0.402. The summed E-state index contributed by atoms with van der Waals surface area (Å²) in [5.41, 5.74) is 0. The third-order valence-corrected chi connectivity index (χ3v) is 3.64. The number of nitrogens with zero attached hydrogens (tertiary/aromatic N) is 2. The minimum absolute atomic E-state index is 0.117. The third kappa shape index (κ3) is 4.35. The average Bonchev–Trinajstić information content (AvgIpc) is 3.12. The van der Waals surface area contributed by atoms with E-state index < -0.39 is 18.4 Å². The Hall–Kier alpha value is -2.29. The van der Waals surface area contributed by atoms with Crippen molar-refractivity contribution in [3.05, 3.63) is 50.8 Å². The first-order valence-electron chi connectivity index (χ1n) is 5.91. The van der Waals surface area contributed by atoms with Gasteiger partial charge in [-0.2, -0.15) is 0 Å². The van der Waals surface area contributed by atoms with Crippen LogP contribution >= 0.6 is 7.60 Å². The summed E-state index contributed by atoms with van der Waals surface area (Å²) >= 11 is 0. The maximum Gasteiger partial charge on any atom is 0.433 e. The Labute approximate surface area is 123 Å². The van der Waals surface area contributed by atoms with Crippen molar-refractivity contribution in [3.8, 4) is 0 Å². The van der Waals surface area contributed by atoms with E-state index in [9.17, 15) is 19.6 Å². The van der Waals surface area contributed by atoms with E-state index in [2.05, 4.69) is 5.18 Å². The van der Waals surface area contributed by atoms with Crippen LogP contribution in [0.25, 0.3) is 0 Å². The smallest absolute Gasteiger partial charge is 0.433 e. The summed E-state index contributed by atoms with van der Waals surface area (Å²) in [6.45, 7) is 0.800. The van der Waals surface area contributed by atoms with Crippen LogP contribution in [0.15, 0.2) is 38.3 Å². The van der Waals surface area contributed by atoms with E-state index in [1.165, 1.54) is 24.9 Å². The highest BCUT2D eigenvalue weighted by molar-refractivity contribution is 7.52. The molecule has 0 amide bonds. The van der Waals surface area contributed by atoms with Gasteiger partial charge in [-0.25, -0.2) is 0 Å². The Morgan fingerprint density at radius 2 is 1.77 bits per heavy atom. The molecule has 0 bridgehead atoms. The maximum atomic E-state index is 12.0. The summed E-state index contributed by atoms with van der Waals surface area (Å²) in [6.07, 6.45) is 0. The van der Waals surface area contributed by atoms with Crippen LogP contribution < -0.4 is 0 Å². The SMILES string of the molecule is CP(=O)(OCc1ccc(N=O)o1)OCc1ccc([N+](=O)[O-])o1. The van der Waals surface area contributed by atoms with E-state index in [4.69, 9.17) is 17.9 Å². The summed E-state index contributed by atoms with van der Waals surface area (Å²) in [6, 6.07) is 5.30. The van der Waals surface area contributed by atoms with E-state index in [0.29, 0.717) is 0 Å². The van der Waals surface area contributed by atoms with Crippen molar-refractivity contribution in [3.63, 3.8) is 0 Å². The molecule has 0 saturated heterocycles. The van der Waals surface area contributed by atoms with Crippen LogP contribution in [0.5, 0.6) is 0 Å². The predicted octanol–water partition coefficient (Wildman–Crippen LogP) is 3.74. The minimum atomic E-state index is -3.44. The third-order valence-electron chi connectivity index (χ3n) is 2.45. The van der Waals surface area contributed by atoms with Gasteiger partial charge in [-0.3, -0.25) is 14.7 Å². The number of nitroso groups, excluding NO2 is 1. The van der Waals surface area contributed by atoms with Gasteiger partial charge in [0.25, 0.3) is 5.88 Å². The molecule has 1 unspecified atom stereocenters. The minimum Gasteiger partial charge on any atom is -0.438 e. The zero-order chi connectivity index (χ0) is 16.2. The van der Waals surface area contributed by atoms with E-state index in [1.807, 2.05) is 0 Å². The Kier molecular flexibility index (Phi) is 4.86. The second-order valence-electron chi connectivity index (χ2n) is 4.15. The van der Waals surface area contributed by atoms with Crippen LogP contribution in [0.3, 0.4) is 0 Å². The molecule has 2 aromatic rings. The Bertz CT molecular complexity index is 721. The fourth-order valence-electron chi connectivity index (χ4n) is 1.43. The first kappa shape index (κ1) is 16.1. The largest absolute Gasteiger partial charge is 0.438 e. The standard InChI is InChI=1S/C11H11N2O8P/c1-22(17,18-6-8-2-4-10(12-14)20-8)19-7-9-3-5-11(21-9)13(15)16/h2-5H,6-7H2,1H3. The number of nitro groups is 1. The topological polar surface area (TPSA) is 134 Å². The highest BCUT2D eigenvalue weighted by Crippen LogP contribution is 2.45. The lowest BCUT2D eigenvalue weighted by Crippen LogP contribution is -1.95. The molecular weight excluding hydrogens is 319 g/mol. The first-order valence-corrected chi connectivity index (χ1v) is 7.90. The molecule has 0 aromatic carbocycles. The van der Waals surface area contributed by atoms with Gasteiger partial charge in [0.05, 0.1) is 6.07 Å². The molecular formula is C11H11N2O8P. The van der Waals surface area contributed by atoms with Gasteiger partial charge in [-0.05, 0) is 12.1 Å². The molecule has 0 N–H and O–H groups in total. The molecule has 0 aliphatic rings. The van der Waals surface area contributed by atoms with E-state index >= 15 is 0 Å². The summed E-state index contributed by atoms with van der Waals surface area (Å²) in [7, 11) is -3.44. The zero-order valence-electron chi connectivity index (χ0n) is 11.3. The first-order chi connectivity index (χ1) is 10.4. The molecule has 118 valence electrons. The molecule has 0 fully saturated rings. The van der Waals surface area contributed by atoms with Crippen molar-refractivity contribution in [2.45, 2.75) is 13.2 Å². The summed E-state index contributed by atoms with van der Waals surface area (Å²) < 4.78 is 32.0. The molecule has 22 heavy (non-hydrogen) atoms. The summed E-state index contributed by atoms with van der Waals surface area (Å²) in [5.74, 6) is -0.153. The molecule has 0 aliphatic carbocycles. The Morgan fingerprint density at radius 3 is 2.27 bits per heavy atom. The van der Waals surface area contributed by atoms with Crippen LogP contribution in [0.2, 0.25) is 0 Å². The lowest BCUT2D eigenvalue weighted by atomic mass is 10.5. The molecule has 2 heterocycles. The summed E-state index contributed by atoms with van der Waals surface area (Å²) in [4.78, 5) is 20.0. The fourth-order valence-corrected chi connectivity index (χ4v) is 2.23. The molecule has 2 aromatic heterocycles. The molecule has 0 spiro atoms. The second kappa shape index (κ2) is 6.65. The van der Waals surface area contributed by atoms with Gasteiger partial charge in [0.2, 0.25) is 0 Å². The lowest BCUT2D eigenvalue weighted by Gasteiger charge is -2.12. The highest BCUT2D eigenvalue weighted by atomic mass is 31.2. The molecule has 1 atom stereocenters. The molecule has 11 heteroatoms. The molecule has 2 rings (SSSR count). The zero-order valence-corrected chi connectivity index (χ0v) is 12.2. The van der Waals surface area contributed by atoms with E-state index in [-0.39, 0.29) is 30.6 Å². The number of hydrogen-bond acceptors (Lipinski definition) is 9. The average molecular weight is 330 g/mol. The van der Waals surface area contributed by atoms with Gasteiger partial charge in [0.15, 0.2) is 0 Å². The molecule has 10 nitrogen and oxygen atoms in total. The van der Waals surface area contributed by atoms with E-state index in [1.54, 1.807) is 0 Å². The van der Waals surface area contributed by atoms with Crippen LogP contribution in [0, 0.1) is 15.0 Å². The highest BCUT2D eigenvalue weighted by Gasteiger charge is 2.20. The second-order valence-corrected chi connectivity index (χ2v) is 6.21. The monoisotopic (exact) mass is 330 g/mol. The van der Waals surface area contributed by atoms with Crippen molar-refractivity contribution in [1.29, 1.82) is 0 Å². The number of furan rings is 2. The van der Waals surface area contributed by atoms with Gasteiger partial charge in [0, 0.05) is 17.9 Å². The predicted molar refractivity (Wildman–Crippen MR) is 72.6 cm³/mol. The van der Waals surface area contributed by atoms with Crippen LogP contribution in [0.1, 0.15) is 11.5 Å². The number of rotatable bonds is 8. The Balaban J connectivity index is 1.86. The Morgan fingerprint density at radius 1 is 1.18 bits per heavy atom. The van der Waals surface area contributed by atoms with Gasteiger partial charge in [0.1, 0.15) is 29.7 Å². The number of hydrogen-bond donors (Lipinski definition) is 0. The van der Waals surface area contributed by atoms with Gasteiger partial charge >= 0.3 is 13.5 Å². The molecule has 0 radical (unpaired) electrons. The van der Waals surface area contributed by atoms with Gasteiger partial charge in [-0.15, -0.1) is 4.91 Å². The maximum absolute atomic E-state index is 12.0.